The first-order valence-corrected chi connectivity index (χ1v) is 5.53. The number of carbonyl (C=O) groups is 1. The Hall–Kier alpha value is -1.55. The highest BCUT2D eigenvalue weighted by atomic mass is 35.5. The van der Waals surface area contributed by atoms with Gasteiger partial charge in [-0.1, -0.05) is 29.8 Å². The zero-order valence-corrected chi connectivity index (χ0v) is 10.8. The number of hydrazone groups is 1. The van der Waals surface area contributed by atoms with E-state index in [1.54, 1.807) is 32.9 Å². The first-order valence-electron chi connectivity index (χ1n) is 5.15. The van der Waals surface area contributed by atoms with Crippen LogP contribution in [0.15, 0.2) is 29.4 Å². The lowest BCUT2D eigenvalue weighted by molar-refractivity contribution is 0.0529. The van der Waals surface area contributed by atoms with Crippen molar-refractivity contribution in [1.29, 1.82) is 0 Å². The number of ether oxygens (including phenoxy) is 1. The van der Waals surface area contributed by atoms with Crippen molar-refractivity contribution < 1.29 is 9.53 Å². The third-order valence-electron chi connectivity index (χ3n) is 1.66. The van der Waals surface area contributed by atoms with Gasteiger partial charge in [-0.3, -0.25) is 0 Å². The zero-order valence-electron chi connectivity index (χ0n) is 10.0. The molecule has 0 radical (unpaired) electrons. The highest BCUT2D eigenvalue weighted by molar-refractivity contribution is 6.33. The van der Waals surface area contributed by atoms with Gasteiger partial charge in [-0.15, -0.1) is 0 Å². The molecule has 0 aliphatic heterocycles. The molecule has 0 unspecified atom stereocenters. The van der Waals surface area contributed by atoms with Crippen molar-refractivity contribution in [1.82, 2.24) is 5.43 Å². The van der Waals surface area contributed by atoms with Crippen LogP contribution in [0.4, 0.5) is 4.79 Å². The molecule has 1 N–H and O–H groups in total. The van der Waals surface area contributed by atoms with Gasteiger partial charge in [0.1, 0.15) is 5.60 Å². The predicted octanol–water partition coefficient (Wildman–Crippen LogP) is 3.20. The molecule has 0 bridgehead atoms. The van der Waals surface area contributed by atoms with Crippen LogP contribution in [0.3, 0.4) is 0 Å². The maximum Gasteiger partial charge on any atom is 0.428 e. The molecular weight excluding hydrogens is 240 g/mol. The fourth-order valence-electron chi connectivity index (χ4n) is 1.04. The minimum Gasteiger partial charge on any atom is -0.443 e. The second-order valence-electron chi connectivity index (χ2n) is 4.39. The van der Waals surface area contributed by atoms with Crippen LogP contribution >= 0.6 is 11.6 Å². The number of nitrogens with zero attached hydrogens (tertiary/aromatic N) is 1. The molecular formula is C12H15ClN2O2. The van der Waals surface area contributed by atoms with Crippen molar-refractivity contribution in [2.45, 2.75) is 26.4 Å². The molecule has 0 atom stereocenters. The molecule has 0 saturated heterocycles. The van der Waals surface area contributed by atoms with E-state index in [2.05, 4.69) is 10.5 Å². The van der Waals surface area contributed by atoms with Gasteiger partial charge in [-0.05, 0) is 26.8 Å². The molecule has 0 spiro atoms. The van der Waals surface area contributed by atoms with Gasteiger partial charge in [0.15, 0.2) is 0 Å². The van der Waals surface area contributed by atoms with Crippen LogP contribution in [0.25, 0.3) is 0 Å². The minimum absolute atomic E-state index is 0.538. The highest BCUT2D eigenvalue weighted by Crippen LogP contribution is 2.12. The number of nitrogens with one attached hydrogen (secondary N) is 1. The molecule has 17 heavy (non-hydrogen) atoms. The second-order valence-corrected chi connectivity index (χ2v) is 4.80. The smallest absolute Gasteiger partial charge is 0.428 e. The first-order chi connectivity index (χ1) is 7.88. The Morgan fingerprint density at radius 2 is 2.06 bits per heavy atom. The van der Waals surface area contributed by atoms with E-state index in [4.69, 9.17) is 16.3 Å². The molecule has 0 heterocycles. The number of rotatable bonds is 2. The molecule has 1 rings (SSSR count). The van der Waals surface area contributed by atoms with Crippen LogP contribution in [0.1, 0.15) is 26.3 Å². The van der Waals surface area contributed by atoms with Crippen molar-refractivity contribution in [2.24, 2.45) is 5.10 Å². The number of carbonyl (C=O) groups excluding carboxylic acids is 1. The standard InChI is InChI=1S/C12H15ClN2O2/c1-12(2,3)17-11(16)15-14-8-9-6-4-5-7-10(9)13/h4-8H,1-3H3,(H,15,16)/b14-8-. The summed E-state index contributed by atoms with van der Waals surface area (Å²) in [6, 6.07) is 7.20. The first kappa shape index (κ1) is 13.5. The summed E-state index contributed by atoms with van der Waals surface area (Å²) in [5.41, 5.74) is 2.45. The molecule has 5 heteroatoms. The van der Waals surface area contributed by atoms with Crippen molar-refractivity contribution in [3.63, 3.8) is 0 Å². The molecule has 0 aromatic heterocycles. The Kier molecular flexibility index (Phi) is 4.52. The van der Waals surface area contributed by atoms with Crippen molar-refractivity contribution in [3.8, 4) is 0 Å². The largest absolute Gasteiger partial charge is 0.443 e. The summed E-state index contributed by atoms with van der Waals surface area (Å²) in [5.74, 6) is 0. The van der Waals surface area contributed by atoms with E-state index in [1.165, 1.54) is 6.21 Å². The number of benzene rings is 1. The number of hydrogen-bond donors (Lipinski definition) is 1. The molecule has 0 fully saturated rings. The fraction of sp³-hybridized carbons (Fsp3) is 0.333. The van der Waals surface area contributed by atoms with Crippen molar-refractivity contribution in [2.75, 3.05) is 0 Å². The van der Waals surface area contributed by atoms with E-state index < -0.39 is 11.7 Å². The third kappa shape index (κ3) is 5.36. The normalized spacial score (nSPS) is 11.5. The molecule has 1 aromatic carbocycles. The lowest BCUT2D eigenvalue weighted by atomic mass is 10.2. The number of halogens is 1. The number of amides is 1. The van der Waals surface area contributed by atoms with E-state index >= 15 is 0 Å². The zero-order chi connectivity index (χ0) is 12.9. The molecule has 92 valence electrons. The average molecular weight is 255 g/mol. The summed E-state index contributed by atoms with van der Waals surface area (Å²) in [6.07, 6.45) is 0.868. The van der Waals surface area contributed by atoms with E-state index in [-0.39, 0.29) is 0 Å². The fourth-order valence-corrected chi connectivity index (χ4v) is 1.22. The summed E-state index contributed by atoms with van der Waals surface area (Å²) >= 11 is 5.91. The monoisotopic (exact) mass is 254 g/mol. The quantitative estimate of drug-likeness (QED) is 0.651. The van der Waals surface area contributed by atoms with Crippen LogP contribution in [0, 0.1) is 0 Å². The van der Waals surface area contributed by atoms with Gasteiger partial charge in [-0.2, -0.15) is 5.10 Å². The van der Waals surface area contributed by atoms with Crippen LogP contribution in [-0.4, -0.2) is 17.9 Å². The Balaban J connectivity index is 2.51. The Morgan fingerprint density at radius 3 is 2.65 bits per heavy atom. The van der Waals surface area contributed by atoms with Crippen LogP contribution in [0.2, 0.25) is 5.02 Å². The van der Waals surface area contributed by atoms with Crippen molar-refractivity contribution >= 4 is 23.9 Å². The SMILES string of the molecule is CC(C)(C)OC(=O)N/N=C\c1ccccc1Cl. The third-order valence-corrected chi connectivity index (χ3v) is 2.01. The molecule has 1 aromatic rings. The molecule has 0 saturated carbocycles. The second kappa shape index (κ2) is 5.68. The van der Waals surface area contributed by atoms with E-state index in [0.29, 0.717) is 5.02 Å². The Morgan fingerprint density at radius 1 is 1.41 bits per heavy atom. The average Bonchev–Trinajstić information content (AvgIpc) is 2.18. The molecule has 0 aliphatic carbocycles. The van der Waals surface area contributed by atoms with Gasteiger partial charge in [0.25, 0.3) is 0 Å². The minimum atomic E-state index is -0.596. The van der Waals surface area contributed by atoms with Gasteiger partial charge in [-0.25, -0.2) is 10.2 Å². The summed E-state index contributed by atoms with van der Waals surface area (Å²) in [7, 11) is 0. The van der Waals surface area contributed by atoms with Gasteiger partial charge in [0, 0.05) is 10.6 Å². The molecule has 4 nitrogen and oxygen atoms in total. The maximum absolute atomic E-state index is 11.3. The lowest BCUT2D eigenvalue weighted by Crippen LogP contribution is -2.29. The Bertz CT molecular complexity index is 425. The van der Waals surface area contributed by atoms with E-state index in [9.17, 15) is 4.79 Å². The van der Waals surface area contributed by atoms with Gasteiger partial charge in [0.05, 0.1) is 6.21 Å². The van der Waals surface area contributed by atoms with Crippen molar-refractivity contribution in [3.05, 3.63) is 34.9 Å². The highest BCUT2D eigenvalue weighted by Gasteiger charge is 2.15. The van der Waals surface area contributed by atoms with Gasteiger partial charge < -0.3 is 4.74 Å². The summed E-state index contributed by atoms with van der Waals surface area (Å²) in [4.78, 5) is 11.3. The van der Waals surface area contributed by atoms with E-state index in [0.717, 1.165) is 5.56 Å². The molecule has 0 aliphatic rings. The number of hydrogen-bond acceptors (Lipinski definition) is 3. The van der Waals surface area contributed by atoms with Crippen LogP contribution in [-0.2, 0) is 4.74 Å². The van der Waals surface area contributed by atoms with E-state index in [1.807, 2.05) is 12.1 Å². The maximum atomic E-state index is 11.3. The lowest BCUT2D eigenvalue weighted by Gasteiger charge is -2.18. The van der Waals surface area contributed by atoms with Crippen LogP contribution < -0.4 is 5.43 Å². The summed E-state index contributed by atoms with van der Waals surface area (Å²) in [6.45, 7) is 5.35. The van der Waals surface area contributed by atoms with Crippen LogP contribution in [0.5, 0.6) is 0 Å². The molecule has 1 amide bonds. The van der Waals surface area contributed by atoms with Gasteiger partial charge >= 0.3 is 6.09 Å². The Labute approximate surface area is 106 Å². The summed E-state index contributed by atoms with van der Waals surface area (Å²) < 4.78 is 5.01. The van der Waals surface area contributed by atoms with Gasteiger partial charge in [0.2, 0.25) is 0 Å². The predicted molar refractivity (Wildman–Crippen MR) is 68.4 cm³/mol. The summed E-state index contributed by atoms with van der Waals surface area (Å²) in [5, 5.41) is 4.32. The topological polar surface area (TPSA) is 50.7 Å².